The Labute approximate surface area is 132 Å². The minimum Gasteiger partial charge on any atom is -0.365 e. The fourth-order valence-electron chi connectivity index (χ4n) is 3.21. The predicted octanol–water partition coefficient (Wildman–Crippen LogP) is 4.02. The highest BCUT2D eigenvalue weighted by Gasteiger charge is 2.27. The third-order valence-corrected chi connectivity index (χ3v) is 4.27. The summed E-state index contributed by atoms with van der Waals surface area (Å²) >= 11 is 0. The van der Waals surface area contributed by atoms with Crippen LogP contribution in [0.15, 0.2) is 42.5 Å². The summed E-state index contributed by atoms with van der Waals surface area (Å²) < 4.78 is 13.1. The van der Waals surface area contributed by atoms with Crippen molar-refractivity contribution in [2.24, 2.45) is 0 Å². The zero-order valence-electron chi connectivity index (χ0n) is 13.5. The van der Waals surface area contributed by atoms with Gasteiger partial charge in [-0.25, -0.2) is 4.39 Å². The number of halogens is 1. The highest BCUT2D eigenvalue weighted by atomic mass is 19.1. The first kappa shape index (κ1) is 15.0. The topological polar surface area (TPSA) is 15.3 Å². The maximum Gasteiger partial charge on any atom is 0.123 e. The normalized spacial score (nSPS) is 17.0. The second-order valence-electron chi connectivity index (χ2n) is 6.80. The molecule has 0 saturated heterocycles. The number of nitrogens with one attached hydrogen (secondary N) is 1. The van der Waals surface area contributed by atoms with Crippen molar-refractivity contribution in [3.05, 3.63) is 65.0 Å². The van der Waals surface area contributed by atoms with Crippen molar-refractivity contribution in [2.45, 2.75) is 39.4 Å². The third-order valence-electron chi connectivity index (χ3n) is 4.27. The smallest absolute Gasteiger partial charge is 0.123 e. The summed E-state index contributed by atoms with van der Waals surface area (Å²) in [7, 11) is 0. The number of hydrogen-bond donors (Lipinski definition) is 1. The average molecular weight is 298 g/mol. The van der Waals surface area contributed by atoms with E-state index in [-0.39, 0.29) is 11.4 Å². The summed E-state index contributed by atoms with van der Waals surface area (Å²) in [5.74, 6) is -0.182. The van der Waals surface area contributed by atoms with Crippen molar-refractivity contribution in [1.29, 1.82) is 0 Å². The van der Waals surface area contributed by atoms with E-state index in [1.807, 2.05) is 12.1 Å². The Morgan fingerprint density at radius 1 is 1.14 bits per heavy atom. The third kappa shape index (κ3) is 3.14. The van der Waals surface area contributed by atoms with Crippen LogP contribution in [0, 0.1) is 12.7 Å². The van der Waals surface area contributed by atoms with Crippen LogP contribution in [0.25, 0.3) is 0 Å². The Balaban J connectivity index is 1.98. The zero-order chi connectivity index (χ0) is 15.7. The molecule has 116 valence electrons. The molecule has 0 saturated carbocycles. The van der Waals surface area contributed by atoms with E-state index in [1.165, 1.54) is 28.9 Å². The van der Waals surface area contributed by atoms with Crippen molar-refractivity contribution < 1.29 is 4.39 Å². The summed E-state index contributed by atoms with van der Waals surface area (Å²) in [6, 6.07) is 13.3. The molecule has 1 aliphatic rings. The molecule has 0 aromatic heterocycles. The Bertz CT molecular complexity index is 662. The molecule has 1 aliphatic heterocycles. The molecular weight excluding hydrogens is 275 g/mol. The molecule has 2 nitrogen and oxygen atoms in total. The average Bonchev–Trinajstić information content (AvgIpc) is 2.59. The first-order chi connectivity index (χ1) is 10.4. The number of fused-ring (bicyclic) bond motifs is 1. The molecule has 0 radical (unpaired) electrons. The van der Waals surface area contributed by atoms with Gasteiger partial charge in [-0.3, -0.25) is 0 Å². The monoisotopic (exact) mass is 298 g/mol. The lowest BCUT2D eigenvalue weighted by molar-refractivity contribution is 0.395. The van der Waals surface area contributed by atoms with Crippen molar-refractivity contribution in [3.8, 4) is 0 Å². The Hall–Kier alpha value is -1.87. The number of anilines is 1. The van der Waals surface area contributed by atoms with Gasteiger partial charge < -0.3 is 10.2 Å². The molecule has 3 heteroatoms. The molecule has 0 amide bonds. The van der Waals surface area contributed by atoms with Crippen molar-refractivity contribution >= 4 is 5.69 Å². The molecule has 2 aromatic carbocycles. The summed E-state index contributed by atoms with van der Waals surface area (Å²) in [6.07, 6.45) is 0. The van der Waals surface area contributed by atoms with E-state index in [4.69, 9.17) is 0 Å². The number of aryl methyl sites for hydroxylation is 1. The molecule has 0 fully saturated rings. The van der Waals surface area contributed by atoms with Crippen LogP contribution in [0.5, 0.6) is 0 Å². The number of benzene rings is 2. The van der Waals surface area contributed by atoms with Gasteiger partial charge in [-0.05, 0) is 49.6 Å². The highest BCUT2D eigenvalue weighted by Crippen LogP contribution is 2.31. The van der Waals surface area contributed by atoms with Crippen molar-refractivity contribution in [3.63, 3.8) is 0 Å². The number of para-hydroxylation sites is 1. The van der Waals surface area contributed by atoms with Crippen LogP contribution in [0.4, 0.5) is 10.1 Å². The number of hydrogen-bond acceptors (Lipinski definition) is 2. The molecular formula is C19H23FN2. The van der Waals surface area contributed by atoms with Gasteiger partial charge in [0.1, 0.15) is 5.82 Å². The van der Waals surface area contributed by atoms with Gasteiger partial charge in [0.25, 0.3) is 0 Å². The van der Waals surface area contributed by atoms with Crippen LogP contribution < -0.4 is 10.2 Å². The predicted molar refractivity (Wildman–Crippen MR) is 89.5 cm³/mol. The molecule has 0 unspecified atom stereocenters. The Kier molecular flexibility index (Phi) is 3.92. The summed E-state index contributed by atoms with van der Waals surface area (Å²) in [6.45, 7) is 9.21. The van der Waals surface area contributed by atoms with Gasteiger partial charge >= 0.3 is 0 Å². The van der Waals surface area contributed by atoms with Crippen LogP contribution >= 0.6 is 0 Å². The Morgan fingerprint density at radius 3 is 2.59 bits per heavy atom. The lowest BCUT2D eigenvalue weighted by Crippen LogP contribution is -2.46. The minimum atomic E-state index is -0.182. The second-order valence-corrected chi connectivity index (χ2v) is 6.80. The standard InChI is InChI=1S/C19H23FN2/c1-14-5-4-6-16-11-21-19(2,3)13-22(18(14)16)12-15-7-9-17(20)10-8-15/h4-10,21H,11-13H2,1-3H3. The first-order valence-electron chi connectivity index (χ1n) is 7.77. The molecule has 1 N–H and O–H groups in total. The lowest BCUT2D eigenvalue weighted by Gasteiger charge is -2.33. The first-order valence-corrected chi connectivity index (χ1v) is 7.77. The van der Waals surface area contributed by atoms with E-state index < -0.39 is 0 Å². The minimum absolute atomic E-state index is 0.0332. The summed E-state index contributed by atoms with van der Waals surface area (Å²) in [5.41, 5.74) is 5.09. The van der Waals surface area contributed by atoms with Gasteiger partial charge in [-0.2, -0.15) is 0 Å². The molecule has 0 bridgehead atoms. The van der Waals surface area contributed by atoms with E-state index in [0.29, 0.717) is 0 Å². The van der Waals surface area contributed by atoms with Crippen LogP contribution in [-0.4, -0.2) is 12.1 Å². The van der Waals surface area contributed by atoms with E-state index in [9.17, 15) is 4.39 Å². The fourth-order valence-corrected chi connectivity index (χ4v) is 3.21. The zero-order valence-corrected chi connectivity index (χ0v) is 13.5. The van der Waals surface area contributed by atoms with Crippen LogP contribution in [-0.2, 0) is 13.1 Å². The van der Waals surface area contributed by atoms with E-state index in [1.54, 1.807) is 0 Å². The maximum atomic E-state index is 13.1. The highest BCUT2D eigenvalue weighted by molar-refractivity contribution is 5.60. The molecule has 3 rings (SSSR count). The van der Waals surface area contributed by atoms with E-state index in [0.717, 1.165) is 25.2 Å². The van der Waals surface area contributed by atoms with E-state index in [2.05, 4.69) is 49.2 Å². The molecule has 22 heavy (non-hydrogen) atoms. The van der Waals surface area contributed by atoms with Crippen molar-refractivity contribution in [2.75, 3.05) is 11.4 Å². The quantitative estimate of drug-likeness (QED) is 0.901. The molecule has 0 aliphatic carbocycles. The summed E-state index contributed by atoms with van der Waals surface area (Å²) in [4.78, 5) is 2.41. The molecule has 0 spiro atoms. The van der Waals surface area contributed by atoms with Crippen molar-refractivity contribution in [1.82, 2.24) is 5.32 Å². The SMILES string of the molecule is Cc1cccc2c1N(Cc1ccc(F)cc1)CC(C)(C)NC2. The Morgan fingerprint density at radius 2 is 1.86 bits per heavy atom. The fraction of sp³-hybridized carbons (Fsp3) is 0.368. The largest absolute Gasteiger partial charge is 0.365 e. The van der Waals surface area contributed by atoms with Crippen LogP contribution in [0.3, 0.4) is 0 Å². The maximum absolute atomic E-state index is 13.1. The number of nitrogens with zero attached hydrogens (tertiary/aromatic N) is 1. The second kappa shape index (κ2) is 5.73. The van der Waals surface area contributed by atoms with Gasteiger partial charge in [0.05, 0.1) is 0 Å². The molecule has 2 aromatic rings. The van der Waals surface area contributed by atoms with Gasteiger partial charge in [-0.1, -0.05) is 30.3 Å². The van der Waals surface area contributed by atoms with Crippen LogP contribution in [0.1, 0.15) is 30.5 Å². The van der Waals surface area contributed by atoms with Crippen LogP contribution in [0.2, 0.25) is 0 Å². The van der Waals surface area contributed by atoms with Gasteiger partial charge in [0.15, 0.2) is 0 Å². The van der Waals surface area contributed by atoms with E-state index >= 15 is 0 Å². The number of rotatable bonds is 2. The van der Waals surface area contributed by atoms with Gasteiger partial charge in [0, 0.05) is 30.9 Å². The molecule has 0 atom stereocenters. The lowest BCUT2D eigenvalue weighted by atomic mass is 10.0. The summed E-state index contributed by atoms with van der Waals surface area (Å²) in [5, 5.41) is 3.63. The van der Waals surface area contributed by atoms with Gasteiger partial charge in [0.2, 0.25) is 0 Å². The molecule has 1 heterocycles. The van der Waals surface area contributed by atoms with Gasteiger partial charge in [-0.15, -0.1) is 0 Å².